The van der Waals surface area contributed by atoms with Crippen molar-refractivity contribution >= 4 is 28.2 Å². The number of alkyl carbamates (subject to hydrolysis) is 1. The second-order valence-corrected chi connectivity index (χ2v) is 13.8. The fourth-order valence-corrected chi connectivity index (χ4v) is 2.83. The molecule has 2 aliphatic rings. The Morgan fingerprint density at radius 3 is 1.85 bits per heavy atom. The lowest BCUT2D eigenvalue weighted by Gasteiger charge is -2.23. The van der Waals surface area contributed by atoms with Crippen LogP contribution in [0.4, 0.5) is 4.79 Å². The van der Waals surface area contributed by atoms with Gasteiger partial charge < -0.3 is 25.5 Å². The predicted molar refractivity (Wildman–Crippen MR) is 143 cm³/mol. The quantitative estimate of drug-likeness (QED) is 0.321. The Hall–Kier alpha value is -2.55. The van der Waals surface area contributed by atoms with E-state index in [0.29, 0.717) is 18.7 Å². The van der Waals surface area contributed by atoms with Crippen LogP contribution in [0.1, 0.15) is 99.6 Å². The number of nitrogens with one attached hydrogen (secondary N) is 2. The van der Waals surface area contributed by atoms with Crippen LogP contribution < -0.4 is 16.4 Å². The highest BCUT2D eigenvalue weighted by atomic mass is 32.3. The van der Waals surface area contributed by atoms with E-state index in [0.717, 1.165) is 18.6 Å². The van der Waals surface area contributed by atoms with Crippen molar-refractivity contribution in [3.63, 3.8) is 0 Å². The Morgan fingerprint density at radius 2 is 1.51 bits per heavy atom. The third kappa shape index (κ3) is 12.9. The molecule has 2 aliphatic carbocycles. The molecule has 14 heteroatoms. The topological polar surface area (TPSA) is 211 Å². The lowest BCUT2D eigenvalue weighted by molar-refractivity contribution is -0.130. The van der Waals surface area contributed by atoms with E-state index in [9.17, 15) is 14.4 Å². The van der Waals surface area contributed by atoms with E-state index in [-0.39, 0.29) is 29.2 Å². The molecule has 0 spiro atoms. The standard InChI is InChI=1S/C15H26N2O4.C10H16N2O.H2O4S/c1-13(2,3)10(18)9-16-11(19)15(7-8-15)17-12(20)21-14(4,5)6;1-9(2,3)7-6-12-8(13-7)10(11)4-5-10;1-5(2,3)4/h7-9H2,1-6H3,(H,16,19)(H,17,20);6H,4-5,11H2,1-3H3;(H2,1,2,3,4). The van der Waals surface area contributed by atoms with Crippen LogP contribution in [0.2, 0.25) is 0 Å². The number of hydrogen-bond acceptors (Lipinski definition) is 9. The van der Waals surface area contributed by atoms with Gasteiger partial charge in [-0.05, 0) is 46.5 Å². The predicted octanol–water partition coefficient (Wildman–Crippen LogP) is 3.04. The van der Waals surface area contributed by atoms with Gasteiger partial charge in [0, 0.05) is 10.8 Å². The summed E-state index contributed by atoms with van der Waals surface area (Å²) in [4.78, 5) is 39.9. The first-order valence-corrected chi connectivity index (χ1v) is 14.0. The highest BCUT2D eigenvalue weighted by molar-refractivity contribution is 7.79. The Kier molecular flexibility index (Phi) is 10.5. The molecule has 1 heterocycles. The Morgan fingerprint density at radius 1 is 1.03 bits per heavy atom. The van der Waals surface area contributed by atoms with Gasteiger partial charge in [0.05, 0.1) is 18.3 Å². The summed E-state index contributed by atoms with van der Waals surface area (Å²) in [5, 5.41) is 5.20. The third-order valence-electron chi connectivity index (χ3n) is 5.63. The zero-order chi connectivity index (χ0) is 30.7. The van der Waals surface area contributed by atoms with Crippen molar-refractivity contribution in [1.29, 1.82) is 0 Å². The fraction of sp³-hybridized carbons (Fsp3) is 0.760. The molecule has 6 N–H and O–H groups in total. The average molecular weight is 577 g/mol. The number of nitrogens with zero attached hydrogens (tertiary/aromatic N) is 1. The Bertz CT molecular complexity index is 1100. The molecule has 0 unspecified atom stereocenters. The minimum Gasteiger partial charge on any atom is -0.444 e. The van der Waals surface area contributed by atoms with Gasteiger partial charge in [-0.2, -0.15) is 8.42 Å². The van der Waals surface area contributed by atoms with E-state index in [1.807, 2.05) is 0 Å². The first kappa shape index (κ1) is 34.5. The summed E-state index contributed by atoms with van der Waals surface area (Å²) in [6.07, 6.45) is 4.29. The van der Waals surface area contributed by atoms with Crippen molar-refractivity contribution in [3.05, 3.63) is 17.8 Å². The monoisotopic (exact) mass is 576 g/mol. The van der Waals surface area contributed by atoms with Crippen LogP contribution in [-0.4, -0.2) is 58.0 Å². The molecule has 0 radical (unpaired) electrons. The number of Topliss-reactive ketones (excluding diaryl/α,β-unsaturated/α-hetero) is 1. The minimum atomic E-state index is -4.67. The number of carbonyl (C=O) groups excluding carboxylic acids is 3. The van der Waals surface area contributed by atoms with Crippen LogP contribution in [0.25, 0.3) is 0 Å². The van der Waals surface area contributed by atoms with E-state index < -0.39 is 33.0 Å². The fourth-order valence-electron chi connectivity index (χ4n) is 2.83. The van der Waals surface area contributed by atoms with Gasteiger partial charge in [0.15, 0.2) is 5.78 Å². The molecule has 0 bridgehead atoms. The van der Waals surface area contributed by atoms with Gasteiger partial charge in [0.25, 0.3) is 0 Å². The molecule has 0 aliphatic heterocycles. The second-order valence-electron chi connectivity index (χ2n) is 12.9. The van der Waals surface area contributed by atoms with Crippen molar-refractivity contribution < 1.29 is 41.1 Å². The van der Waals surface area contributed by atoms with Crippen LogP contribution in [0, 0.1) is 5.41 Å². The molecule has 1 aromatic heterocycles. The lowest BCUT2D eigenvalue weighted by Crippen LogP contribution is -2.51. The number of ketones is 1. The van der Waals surface area contributed by atoms with Crippen molar-refractivity contribution in [2.24, 2.45) is 11.1 Å². The van der Waals surface area contributed by atoms with Crippen LogP contribution in [0.15, 0.2) is 10.6 Å². The molecule has 0 aromatic carbocycles. The Balaban J connectivity index is 0.000000355. The first-order valence-electron chi connectivity index (χ1n) is 12.6. The number of rotatable bonds is 5. The summed E-state index contributed by atoms with van der Waals surface area (Å²) >= 11 is 0. The van der Waals surface area contributed by atoms with E-state index in [2.05, 4.69) is 36.4 Å². The maximum atomic E-state index is 12.1. The summed E-state index contributed by atoms with van der Waals surface area (Å²) in [5.74, 6) is 1.24. The van der Waals surface area contributed by atoms with Crippen molar-refractivity contribution in [2.45, 2.75) is 110 Å². The molecule has 224 valence electrons. The van der Waals surface area contributed by atoms with E-state index in [4.69, 9.17) is 32.4 Å². The highest BCUT2D eigenvalue weighted by Gasteiger charge is 2.52. The summed E-state index contributed by atoms with van der Waals surface area (Å²) in [7, 11) is -4.67. The number of carbonyl (C=O) groups is 3. The molecule has 13 nitrogen and oxygen atoms in total. The van der Waals surface area contributed by atoms with Gasteiger partial charge in [-0.3, -0.25) is 18.7 Å². The van der Waals surface area contributed by atoms with E-state index in [1.54, 1.807) is 47.7 Å². The number of ether oxygens (including phenoxy) is 1. The van der Waals surface area contributed by atoms with Gasteiger partial charge in [0.2, 0.25) is 11.8 Å². The number of hydrogen-bond donors (Lipinski definition) is 5. The minimum absolute atomic E-state index is 0.0243. The zero-order valence-corrected chi connectivity index (χ0v) is 25.1. The molecule has 1 aromatic rings. The van der Waals surface area contributed by atoms with E-state index in [1.165, 1.54) is 0 Å². The Labute approximate surface area is 230 Å². The van der Waals surface area contributed by atoms with Crippen molar-refractivity contribution in [3.8, 4) is 0 Å². The molecule has 0 saturated heterocycles. The molecule has 39 heavy (non-hydrogen) atoms. The summed E-state index contributed by atoms with van der Waals surface area (Å²) < 4.78 is 42.4. The molecule has 2 fully saturated rings. The molecule has 2 amide bonds. The maximum Gasteiger partial charge on any atom is 0.408 e. The summed E-state index contributed by atoms with van der Waals surface area (Å²) in [6, 6.07) is 0. The van der Waals surface area contributed by atoms with Crippen molar-refractivity contribution in [2.75, 3.05) is 6.54 Å². The van der Waals surface area contributed by atoms with Gasteiger partial charge >= 0.3 is 16.5 Å². The summed E-state index contributed by atoms with van der Waals surface area (Å²) in [5.41, 5.74) is 3.72. The molecule has 2 saturated carbocycles. The normalized spacial score (nSPS) is 17.3. The number of amides is 2. The largest absolute Gasteiger partial charge is 0.444 e. The number of aromatic nitrogens is 1. The van der Waals surface area contributed by atoms with Crippen LogP contribution in [-0.2, 0) is 35.7 Å². The van der Waals surface area contributed by atoms with Crippen LogP contribution >= 0.6 is 0 Å². The van der Waals surface area contributed by atoms with Gasteiger partial charge in [-0.25, -0.2) is 9.78 Å². The zero-order valence-electron chi connectivity index (χ0n) is 24.3. The molecular weight excluding hydrogens is 532 g/mol. The third-order valence-corrected chi connectivity index (χ3v) is 5.63. The number of oxazole rings is 1. The van der Waals surface area contributed by atoms with Gasteiger partial charge in [-0.15, -0.1) is 0 Å². The summed E-state index contributed by atoms with van der Waals surface area (Å²) in [6.45, 7) is 17.0. The SMILES string of the molecule is CC(C)(C)OC(=O)NC1(C(=O)NCC(=O)C(C)(C)C)CC1.CC(C)(C)c1cnc(C2(N)CC2)o1.O=S(=O)(O)O. The molecule has 3 rings (SSSR count). The average Bonchev–Trinajstić information content (AvgIpc) is 3.58. The molecular formula is C25H44N4O9S. The van der Waals surface area contributed by atoms with Crippen LogP contribution in [0.3, 0.4) is 0 Å². The highest BCUT2D eigenvalue weighted by Crippen LogP contribution is 2.43. The van der Waals surface area contributed by atoms with Crippen LogP contribution in [0.5, 0.6) is 0 Å². The maximum absolute atomic E-state index is 12.1. The van der Waals surface area contributed by atoms with Gasteiger partial charge in [0.1, 0.15) is 16.9 Å². The first-order chi connectivity index (χ1) is 17.3. The van der Waals surface area contributed by atoms with Gasteiger partial charge in [-0.1, -0.05) is 41.5 Å². The second kappa shape index (κ2) is 11.9. The van der Waals surface area contributed by atoms with Crippen molar-refractivity contribution in [1.82, 2.24) is 15.6 Å². The van der Waals surface area contributed by atoms with E-state index >= 15 is 0 Å². The smallest absolute Gasteiger partial charge is 0.408 e. The number of nitrogens with two attached hydrogens (primary N) is 1. The lowest BCUT2D eigenvalue weighted by atomic mass is 9.91. The molecule has 0 atom stereocenters.